The molecule has 1 aromatic heterocycles. The predicted molar refractivity (Wildman–Crippen MR) is 91.4 cm³/mol. The Labute approximate surface area is 136 Å². The highest BCUT2D eigenvalue weighted by atomic mass is 16.5. The van der Waals surface area contributed by atoms with Crippen molar-refractivity contribution in [2.45, 2.75) is 6.54 Å². The van der Waals surface area contributed by atoms with Gasteiger partial charge < -0.3 is 18.8 Å². The molecule has 0 aliphatic carbocycles. The predicted octanol–water partition coefficient (Wildman–Crippen LogP) is 3.72. The van der Waals surface area contributed by atoms with Crippen LogP contribution in [0.5, 0.6) is 11.5 Å². The largest absolute Gasteiger partial charge is 0.497 e. The van der Waals surface area contributed by atoms with Gasteiger partial charge in [-0.2, -0.15) is 0 Å². The van der Waals surface area contributed by atoms with Crippen LogP contribution in [0.4, 0.5) is 0 Å². The molecule has 3 aromatic rings. The molecule has 23 heavy (non-hydrogen) atoms. The molecule has 0 spiro atoms. The summed E-state index contributed by atoms with van der Waals surface area (Å²) >= 11 is 0. The standard InChI is InChI=1S/C19H21NO3/c1-21-11-12-23-18-8-5-16-9-10-20(19(16)13-18)14-15-3-6-17(22-2)7-4-15/h3-10,13H,11-12,14H2,1-2H3. The minimum absolute atomic E-state index is 0.557. The van der Waals surface area contributed by atoms with Gasteiger partial charge in [0.15, 0.2) is 0 Å². The van der Waals surface area contributed by atoms with E-state index in [4.69, 9.17) is 14.2 Å². The van der Waals surface area contributed by atoms with Gasteiger partial charge in [-0.1, -0.05) is 12.1 Å². The second-order valence-electron chi connectivity index (χ2n) is 5.35. The Morgan fingerprint density at radius 2 is 1.65 bits per heavy atom. The zero-order valence-electron chi connectivity index (χ0n) is 13.5. The zero-order chi connectivity index (χ0) is 16.1. The van der Waals surface area contributed by atoms with Gasteiger partial charge in [0, 0.05) is 25.9 Å². The Kier molecular flexibility index (Phi) is 4.83. The van der Waals surface area contributed by atoms with Crippen LogP contribution < -0.4 is 9.47 Å². The van der Waals surface area contributed by atoms with Crippen LogP contribution in [-0.2, 0) is 11.3 Å². The number of fused-ring (bicyclic) bond motifs is 1. The first-order valence-electron chi connectivity index (χ1n) is 7.64. The zero-order valence-corrected chi connectivity index (χ0v) is 13.5. The Morgan fingerprint density at radius 1 is 0.870 bits per heavy atom. The number of ether oxygens (including phenoxy) is 3. The fourth-order valence-corrected chi connectivity index (χ4v) is 2.56. The Balaban J connectivity index is 1.80. The number of methoxy groups -OCH3 is 2. The number of benzene rings is 2. The Bertz CT molecular complexity index is 762. The lowest BCUT2D eigenvalue weighted by Crippen LogP contribution is -2.04. The van der Waals surface area contributed by atoms with Gasteiger partial charge in [-0.3, -0.25) is 0 Å². The van der Waals surface area contributed by atoms with Crippen molar-refractivity contribution in [3.05, 3.63) is 60.3 Å². The monoisotopic (exact) mass is 311 g/mol. The average molecular weight is 311 g/mol. The highest BCUT2D eigenvalue weighted by molar-refractivity contribution is 5.81. The fourth-order valence-electron chi connectivity index (χ4n) is 2.56. The van der Waals surface area contributed by atoms with Crippen LogP contribution in [0.25, 0.3) is 10.9 Å². The molecule has 4 heteroatoms. The van der Waals surface area contributed by atoms with Crippen molar-refractivity contribution in [2.75, 3.05) is 27.4 Å². The molecule has 0 N–H and O–H groups in total. The molecule has 0 amide bonds. The van der Waals surface area contributed by atoms with Crippen molar-refractivity contribution in [2.24, 2.45) is 0 Å². The van der Waals surface area contributed by atoms with Crippen LogP contribution >= 0.6 is 0 Å². The van der Waals surface area contributed by atoms with Gasteiger partial charge in [0.25, 0.3) is 0 Å². The van der Waals surface area contributed by atoms with Crippen molar-refractivity contribution in [1.82, 2.24) is 4.57 Å². The molecule has 0 saturated carbocycles. The first-order chi connectivity index (χ1) is 11.3. The summed E-state index contributed by atoms with van der Waals surface area (Å²) in [7, 11) is 3.35. The molecule has 0 bridgehead atoms. The maximum absolute atomic E-state index is 5.70. The van der Waals surface area contributed by atoms with E-state index in [1.807, 2.05) is 18.2 Å². The van der Waals surface area contributed by atoms with Crippen LogP contribution in [0.3, 0.4) is 0 Å². The lowest BCUT2D eigenvalue weighted by Gasteiger charge is -2.09. The molecule has 120 valence electrons. The van der Waals surface area contributed by atoms with Crippen molar-refractivity contribution in [3.63, 3.8) is 0 Å². The minimum atomic E-state index is 0.557. The van der Waals surface area contributed by atoms with Crippen molar-refractivity contribution >= 4 is 10.9 Å². The summed E-state index contributed by atoms with van der Waals surface area (Å²) in [5.74, 6) is 1.74. The molecule has 0 radical (unpaired) electrons. The highest BCUT2D eigenvalue weighted by Gasteiger charge is 2.04. The quantitative estimate of drug-likeness (QED) is 0.623. The molecule has 0 aliphatic rings. The van der Waals surface area contributed by atoms with E-state index < -0.39 is 0 Å². The minimum Gasteiger partial charge on any atom is -0.497 e. The molecule has 2 aromatic carbocycles. The number of rotatable bonds is 7. The third-order valence-corrected chi connectivity index (χ3v) is 3.81. The molecule has 0 aliphatic heterocycles. The van der Waals surface area contributed by atoms with E-state index in [-0.39, 0.29) is 0 Å². The van der Waals surface area contributed by atoms with Crippen LogP contribution in [-0.4, -0.2) is 32.0 Å². The SMILES string of the molecule is COCCOc1ccc2ccn(Cc3ccc(OC)cc3)c2c1. The molecular weight excluding hydrogens is 290 g/mol. The highest BCUT2D eigenvalue weighted by Crippen LogP contribution is 2.23. The van der Waals surface area contributed by atoms with E-state index >= 15 is 0 Å². The number of aromatic nitrogens is 1. The van der Waals surface area contributed by atoms with Gasteiger partial charge in [-0.15, -0.1) is 0 Å². The second kappa shape index (κ2) is 7.20. The van der Waals surface area contributed by atoms with E-state index in [0.29, 0.717) is 13.2 Å². The van der Waals surface area contributed by atoms with Crippen LogP contribution in [0.1, 0.15) is 5.56 Å². The topological polar surface area (TPSA) is 32.6 Å². The summed E-state index contributed by atoms with van der Waals surface area (Å²) in [5.41, 5.74) is 2.39. The summed E-state index contributed by atoms with van der Waals surface area (Å²) < 4.78 is 18.1. The Morgan fingerprint density at radius 3 is 2.39 bits per heavy atom. The molecule has 3 rings (SSSR count). The second-order valence-corrected chi connectivity index (χ2v) is 5.35. The number of hydrogen-bond donors (Lipinski definition) is 0. The van der Waals surface area contributed by atoms with E-state index in [2.05, 4.69) is 41.1 Å². The summed E-state index contributed by atoms with van der Waals surface area (Å²) in [6.07, 6.45) is 2.10. The van der Waals surface area contributed by atoms with E-state index in [1.54, 1.807) is 14.2 Å². The summed E-state index contributed by atoms with van der Waals surface area (Å²) in [4.78, 5) is 0. The lowest BCUT2D eigenvalue weighted by atomic mass is 10.2. The lowest BCUT2D eigenvalue weighted by molar-refractivity contribution is 0.146. The third-order valence-electron chi connectivity index (χ3n) is 3.81. The van der Waals surface area contributed by atoms with E-state index in [9.17, 15) is 0 Å². The molecule has 1 heterocycles. The van der Waals surface area contributed by atoms with Gasteiger partial charge in [0.1, 0.15) is 18.1 Å². The smallest absolute Gasteiger partial charge is 0.121 e. The average Bonchev–Trinajstić information content (AvgIpc) is 2.98. The summed E-state index contributed by atoms with van der Waals surface area (Å²) in [5, 5.41) is 1.21. The molecular formula is C19H21NO3. The molecule has 0 atom stereocenters. The molecule has 0 saturated heterocycles. The number of nitrogens with zero attached hydrogens (tertiary/aromatic N) is 1. The van der Waals surface area contributed by atoms with Crippen molar-refractivity contribution in [1.29, 1.82) is 0 Å². The fraction of sp³-hybridized carbons (Fsp3) is 0.263. The number of hydrogen-bond acceptors (Lipinski definition) is 3. The summed E-state index contributed by atoms with van der Waals surface area (Å²) in [6, 6.07) is 16.4. The third kappa shape index (κ3) is 3.66. The first-order valence-corrected chi connectivity index (χ1v) is 7.64. The van der Waals surface area contributed by atoms with E-state index in [1.165, 1.54) is 10.9 Å². The summed E-state index contributed by atoms with van der Waals surface area (Å²) in [6.45, 7) is 1.96. The molecule has 4 nitrogen and oxygen atoms in total. The van der Waals surface area contributed by atoms with Gasteiger partial charge in [0.05, 0.1) is 19.2 Å². The van der Waals surface area contributed by atoms with E-state index in [0.717, 1.165) is 23.6 Å². The molecule has 0 unspecified atom stereocenters. The van der Waals surface area contributed by atoms with Gasteiger partial charge in [-0.05, 0) is 41.3 Å². The van der Waals surface area contributed by atoms with Crippen molar-refractivity contribution in [3.8, 4) is 11.5 Å². The van der Waals surface area contributed by atoms with Crippen molar-refractivity contribution < 1.29 is 14.2 Å². The van der Waals surface area contributed by atoms with Crippen LogP contribution in [0, 0.1) is 0 Å². The van der Waals surface area contributed by atoms with Gasteiger partial charge >= 0.3 is 0 Å². The van der Waals surface area contributed by atoms with Crippen LogP contribution in [0.15, 0.2) is 54.7 Å². The first kappa shape index (κ1) is 15.4. The normalized spacial score (nSPS) is 10.9. The molecule has 0 fully saturated rings. The maximum atomic E-state index is 5.70. The van der Waals surface area contributed by atoms with Gasteiger partial charge in [0.2, 0.25) is 0 Å². The van der Waals surface area contributed by atoms with Crippen LogP contribution in [0.2, 0.25) is 0 Å². The maximum Gasteiger partial charge on any atom is 0.121 e. The van der Waals surface area contributed by atoms with Gasteiger partial charge in [-0.25, -0.2) is 0 Å². The Hall–Kier alpha value is -2.46.